The van der Waals surface area contributed by atoms with Gasteiger partial charge in [0.25, 0.3) is 0 Å². The molecule has 0 aromatic heterocycles. The molecule has 2 aromatic carbocycles. The van der Waals surface area contributed by atoms with Crippen LogP contribution in [0.2, 0.25) is 10.0 Å². The third-order valence-corrected chi connectivity index (χ3v) is 5.44. The summed E-state index contributed by atoms with van der Waals surface area (Å²) in [5.74, 6) is 0.992. The second kappa shape index (κ2) is 8.56. The Kier molecular flexibility index (Phi) is 6.19. The molecule has 6 heteroatoms. The normalized spacial score (nSPS) is 14.4. The van der Waals surface area contributed by atoms with Crippen molar-refractivity contribution in [1.82, 2.24) is 0 Å². The highest BCUT2D eigenvalue weighted by Gasteiger charge is 2.07. The number of anilines is 1. The number of aliphatic imine (C=N–C) groups is 1. The van der Waals surface area contributed by atoms with Crippen LogP contribution < -0.4 is 5.32 Å². The van der Waals surface area contributed by atoms with E-state index in [1.165, 1.54) is 6.08 Å². The van der Waals surface area contributed by atoms with Gasteiger partial charge < -0.3 is 5.32 Å². The van der Waals surface area contributed by atoms with E-state index < -0.39 is 0 Å². The summed E-state index contributed by atoms with van der Waals surface area (Å²) in [6.45, 7) is 0.864. The second-order valence-corrected chi connectivity index (χ2v) is 7.30. The van der Waals surface area contributed by atoms with Gasteiger partial charge in [0.05, 0.1) is 10.0 Å². The number of allylic oxidation sites excluding steroid dienone is 1. The number of rotatable bonds is 4. The Morgan fingerprint density at radius 2 is 1.96 bits per heavy atom. The van der Waals surface area contributed by atoms with Crippen LogP contribution in [0.15, 0.2) is 53.5 Å². The molecule has 0 aliphatic carbocycles. The van der Waals surface area contributed by atoms with Crippen molar-refractivity contribution >= 4 is 57.7 Å². The maximum Gasteiger partial charge on any atom is 0.185 e. The highest BCUT2D eigenvalue weighted by atomic mass is 35.5. The van der Waals surface area contributed by atoms with Crippen LogP contribution >= 0.6 is 35.0 Å². The first-order chi connectivity index (χ1) is 12.1. The number of benzene rings is 2. The molecule has 1 heterocycles. The van der Waals surface area contributed by atoms with Gasteiger partial charge in [-0.15, -0.1) is 0 Å². The van der Waals surface area contributed by atoms with Crippen LogP contribution in [0.25, 0.3) is 6.08 Å². The van der Waals surface area contributed by atoms with E-state index in [0.29, 0.717) is 21.2 Å². The number of halogens is 2. The van der Waals surface area contributed by atoms with E-state index in [1.54, 1.807) is 42.1 Å². The molecular formula is C19H16Cl2N2OS. The van der Waals surface area contributed by atoms with Gasteiger partial charge in [-0.3, -0.25) is 9.79 Å². The second-order valence-electron chi connectivity index (χ2n) is 5.43. The number of amidine groups is 1. The number of thioether (sulfide) groups is 1. The van der Waals surface area contributed by atoms with E-state index in [0.717, 1.165) is 29.6 Å². The Balaban J connectivity index is 1.67. The molecule has 0 bridgehead atoms. The fourth-order valence-electron chi connectivity index (χ4n) is 2.29. The largest absolute Gasteiger partial charge is 0.335 e. The van der Waals surface area contributed by atoms with Crippen LogP contribution in [0, 0.1) is 0 Å². The van der Waals surface area contributed by atoms with Crippen LogP contribution in [-0.2, 0) is 0 Å². The molecule has 1 N–H and O–H groups in total. The molecule has 0 atom stereocenters. The van der Waals surface area contributed by atoms with Crippen molar-refractivity contribution in [3.05, 3.63) is 69.7 Å². The molecule has 25 heavy (non-hydrogen) atoms. The number of hydrogen-bond acceptors (Lipinski definition) is 4. The van der Waals surface area contributed by atoms with Crippen molar-refractivity contribution in [1.29, 1.82) is 0 Å². The SMILES string of the molecule is O=C(/C=C/c1cccc(Cl)c1Cl)c1ccc(NC2=NCCCS2)cc1. The van der Waals surface area contributed by atoms with Crippen molar-refractivity contribution in [2.75, 3.05) is 17.6 Å². The molecule has 3 rings (SSSR count). The topological polar surface area (TPSA) is 41.5 Å². The van der Waals surface area contributed by atoms with Gasteiger partial charge in [-0.25, -0.2) is 0 Å². The highest BCUT2D eigenvalue weighted by Crippen LogP contribution is 2.26. The Morgan fingerprint density at radius 3 is 2.68 bits per heavy atom. The smallest absolute Gasteiger partial charge is 0.185 e. The summed E-state index contributed by atoms with van der Waals surface area (Å²) in [5.41, 5.74) is 2.25. The zero-order chi connectivity index (χ0) is 17.6. The predicted molar refractivity (Wildman–Crippen MR) is 109 cm³/mol. The number of nitrogens with one attached hydrogen (secondary N) is 1. The first kappa shape index (κ1) is 18.1. The Morgan fingerprint density at radius 1 is 1.16 bits per heavy atom. The molecule has 3 nitrogen and oxygen atoms in total. The van der Waals surface area contributed by atoms with Crippen molar-refractivity contribution in [3.8, 4) is 0 Å². The molecule has 0 amide bonds. The third kappa shape index (κ3) is 4.88. The number of ketones is 1. The van der Waals surface area contributed by atoms with Gasteiger partial charge in [0, 0.05) is 23.5 Å². The molecule has 0 fully saturated rings. The third-order valence-electron chi connectivity index (χ3n) is 3.61. The average Bonchev–Trinajstić information content (AvgIpc) is 2.64. The van der Waals surface area contributed by atoms with Gasteiger partial charge in [0.1, 0.15) is 0 Å². The summed E-state index contributed by atoms with van der Waals surface area (Å²) in [6.07, 6.45) is 4.30. The maximum absolute atomic E-state index is 12.3. The summed E-state index contributed by atoms with van der Waals surface area (Å²) in [7, 11) is 0. The Hall–Kier alpha value is -1.75. The lowest BCUT2D eigenvalue weighted by molar-refractivity contribution is 0.104. The van der Waals surface area contributed by atoms with E-state index in [4.69, 9.17) is 23.2 Å². The molecule has 128 valence electrons. The van der Waals surface area contributed by atoms with E-state index in [1.807, 2.05) is 18.2 Å². The number of nitrogens with zero attached hydrogens (tertiary/aromatic N) is 1. The van der Waals surface area contributed by atoms with Crippen LogP contribution in [0.4, 0.5) is 5.69 Å². The van der Waals surface area contributed by atoms with Gasteiger partial charge in [0.2, 0.25) is 0 Å². The van der Waals surface area contributed by atoms with Crippen molar-refractivity contribution < 1.29 is 4.79 Å². The molecule has 2 aromatic rings. The minimum atomic E-state index is -0.0908. The molecule has 0 saturated carbocycles. The van der Waals surface area contributed by atoms with Gasteiger partial charge >= 0.3 is 0 Å². The highest BCUT2D eigenvalue weighted by molar-refractivity contribution is 8.14. The van der Waals surface area contributed by atoms with Crippen LogP contribution in [-0.4, -0.2) is 23.2 Å². The number of carbonyl (C=O) groups is 1. The molecule has 0 radical (unpaired) electrons. The molecule has 0 saturated heterocycles. The molecule has 0 unspecified atom stereocenters. The Bertz CT molecular complexity index is 832. The van der Waals surface area contributed by atoms with E-state index in [2.05, 4.69) is 10.3 Å². The van der Waals surface area contributed by atoms with E-state index >= 15 is 0 Å². The summed E-state index contributed by atoms with van der Waals surface area (Å²) >= 11 is 13.8. The summed E-state index contributed by atoms with van der Waals surface area (Å²) in [4.78, 5) is 16.7. The van der Waals surface area contributed by atoms with Crippen LogP contribution in [0.1, 0.15) is 22.3 Å². The van der Waals surface area contributed by atoms with Gasteiger partial charge in [-0.2, -0.15) is 0 Å². The van der Waals surface area contributed by atoms with Crippen molar-refractivity contribution in [2.45, 2.75) is 6.42 Å². The van der Waals surface area contributed by atoms with Crippen molar-refractivity contribution in [2.24, 2.45) is 4.99 Å². The molecular weight excluding hydrogens is 375 g/mol. The summed E-state index contributed by atoms with van der Waals surface area (Å²) in [6, 6.07) is 12.7. The molecule has 0 spiro atoms. The van der Waals surface area contributed by atoms with Gasteiger partial charge in [0.15, 0.2) is 11.0 Å². The zero-order valence-electron chi connectivity index (χ0n) is 13.3. The maximum atomic E-state index is 12.3. The molecule has 1 aliphatic rings. The van der Waals surface area contributed by atoms with Gasteiger partial charge in [-0.1, -0.05) is 47.1 Å². The molecule has 1 aliphatic heterocycles. The van der Waals surface area contributed by atoms with Crippen LogP contribution in [0.3, 0.4) is 0 Å². The lowest BCUT2D eigenvalue weighted by Gasteiger charge is -2.13. The fourth-order valence-corrected chi connectivity index (χ4v) is 3.50. The monoisotopic (exact) mass is 390 g/mol. The van der Waals surface area contributed by atoms with E-state index in [9.17, 15) is 4.79 Å². The predicted octanol–water partition coefficient (Wildman–Crippen LogP) is 5.79. The van der Waals surface area contributed by atoms with E-state index in [-0.39, 0.29) is 5.78 Å². The fraction of sp³-hybridized carbons (Fsp3) is 0.158. The lowest BCUT2D eigenvalue weighted by Crippen LogP contribution is -2.13. The number of hydrogen-bond donors (Lipinski definition) is 1. The Labute approximate surface area is 161 Å². The quantitative estimate of drug-likeness (QED) is 0.530. The lowest BCUT2D eigenvalue weighted by atomic mass is 10.1. The minimum Gasteiger partial charge on any atom is -0.335 e. The minimum absolute atomic E-state index is 0.0908. The summed E-state index contributed by atoms with van der Waals surface area (Å²) in [5, 5.41) is 5.11. The standard InChI is InChI=1S/C19H16Cl2N2OS/c20-16-4-1-3-14(18(16)21)7-10-17(24)13-5-8-15(9-6-13)23-19-22-11-2-12-25-19/h1,3-10H,2,11-12H2,(H,22,23)/b10-7+. The zero-order valence-corrected chi connectivity index (χ0v) is 15.7. The summed E-state index contributed by atoms with van der Waals surface area (Å²) < 4.78 is 0. The number of carbonyl (C=O) groups excluding carboxylic acids is 1. The first-order valence-corrected chi connectivity index (χ1v) is 9.58. The first-order valence-electron chi connectivity index (χ1n) is 7.84. The van der Waals surface area contributed by atoms with Crippen LogP contribution in [0.5, 0.6) is 0 Å². The van der Waals surface area contributed by atoms with Crippen molar-refractivity contribution in [3.63, 3.8) is 0 Å². The van der Waals surface area contributed by atoms with Gasteiger partial charge in [-0.05, 0) is 54.5 Å². The average molecular weight is 391 g/mol.